The van der Waals surface area contributed by atoms with Crippen LogP contribution in [0.4, 0.5) is 13.2 Å². The zero-order valence-corrected chi connectivity index (χ0v) is 10.9. The predicted octanol–water partition coefficient (Wildman–Crippen LogP) is -0.0142. The van der Waals surface area contributed by atoms with Crippen LogP contribution in [0.15, 0.2) is 0 Å². The molecule has 0 aliphatic carbocycles. The Morgan fingerprint density at radius 3 is 2.16 bits per heavy atom. The van der Waals surface area contributed by atoms with Gasteiger partial charge in [-0.15, -0.1) is 0 Å². The Hall–Kier alpha value is -1.45. The van der Waals surface area contributed by atoms with Crippen LogP contribution in [-0.2, 0) is 14.4 Å². The Balaban J connectivity index is 4.68. The standard InChI is InChI=1S/C9H13F3N2O4S/c1-4(7(16)17)13-6(15)5(3-19-2)14-8(18)9(10,11)12/h4-5H,3H2,1-2H3,(H,13,15)(H,14,18)(H,16,17). The molecule has 0 aliphatic rings. The minimum atomic E-state index is -5.10. The van der Waals surface area contributed by atoms with Crippen LogP contribution < -0.4 is 10.6 Å². The van der Waals surface area contributed by atoms with E-state index in [2.05, 4.69) is 0 Å². The first-order valence-electron chi connectivity index (χ1n) is 4.99. The minimum Gasteiger partial charge on any atom is -0.480 e. The second-order valence-electron chi connectivity index (χ2n) is 3.55. The molecule has 110 valence electrons. The molecule has 10 heteroatoms. The Bertz CT molecular complexity index is 362. The monoisotopic (exact) mass is 302 g/mol. The average molecular weight is 302 g/mol. The van der Waals surface area contributed by atoms with Crippen molar-refractivity contribution in [2.24, 2.45) is 0 Å². The summed E-state index contributed by atoms with van der Waals surface area (Å²) in [7, 11) is 0. The highest BCUT2D eigenvalue weighted by molar-refractivity contribution is 7.98. The van der Waals surface area contributed by atoms with E-state index in [4.69, 9.17) is 5.11 Å². The number of nitrogens with one attached hydrogen (secondary N) is 2. The molecule has 0 aromatic carbocycles. The maximum Gasteiger partial charge on any atom is 0.471 e. The van der Waals surface area contributed by atoms with E-state index in [0.717, 1.165) is 18.7 Å². The average Bonchev–Trinajstić information content (AvgIpc) is 2.26. The molecule has 0 saturated heterocycles. The van der Waals surface area contributed by atoms with Crippen LogP contribution in [0.5, 0.6) is 0 Å². The van der Waals surface area contributed by atoms with Gasteiger partial charge in [0.25, 0.3) is 0 Å². The minimum absolute atomic E-state index is 0.111. The zero-order chi connectivity index (χ0) is 15.2. The second-order valence-corrected chi connectivity index (χ2v) is 4.46. The van der Waals surface area contributed by atoms with Gasteiger partial charge in [-0.2, -0.15) is 24.9 Å². The number of rotatable bonds is 6. The van der Waals surface area contributed by atoms with E-state index in [1.165, 1.54) is 11.6 Å². The van der Waals surface area contributed by atoms with Crippen LogP contribution in [0.3, 0.4) is 0 Å². The van der Waals surface area contributed by atoms with Crippen molar-refractivity contribution in [3.8, 4) is 0 Å². The van der Waals surface area contributed by atoms with Crippen molar-refractivity contribution in [3.63, 3.8) is 0 Å². The number of carbonyl (C=O) groups excluding carboxylic acids is 2. The molecule has 0 aromatic rings. The Morgan fingerprint density at radius 1 is 1.26 bits per heavy atom. The lowest BCUT2D eigenvalue weighted by atomic mass is 10.2. The fourth-order valence-electron chi connectivity index (χ4n) is 0.965. The normalized spacial score (nSPS) is 14.4. The fourth-order valence-corrected chi connectivity index (χ4v) is 1.53. The highest BCUT2D eigenvalue weighted by Crippen LogP contribution is 2.15. The van der Waals surface area contributed by atoms with Gasteiger partial charge in [-0.1, -0.05) is 0 Å². The maximum atomic E-state index is 12.1. The number of carboxylic acid groups (broad SMARTS) is 1. The molecular weight excluding hydrogens is 289 g/mol. The van der Waals surface area contributed by atoms with Crippen molar-refractivity contribution in [3.05, 3.63) is 0 Å². The summed E-state index contributed by atoms with van der Waals surface area (Å²) in [4.78, 5) is 32.8. The third-order valence-electron chi connectivity index (χ3n) is 1.94. The smallest absolute Gasteiger partial charge is 0.471 e. The molecule has 0 radical (unpaired) electrons. The summed E-state index contributed by atoms with van der Waals surface area (Å²) in [6.45, 7) is 1.15. The van der Waals surface area contributed by atoms with Crippen molar-refractivity contribution < 1.29 is 32.7 Å². The number of aliphatic carboxylic acids is 1. The molecule has 0 spiro atoms. The summed E-state index contributed by atoms with van der Waals surface area (Å²) in [5.74, 6) is -4.68. The van der Waals surface area contributed by atoms with E-state index < -0.39 is 36.0 Å². The molecule has 0 heterocycles. The van der Waals surface area contributed by atoms with Crippen molar-refractivity contribution >= 4 is 29.5 Å². The molecule has 2 atom stereocenters. The summed E-state index contributed by atoms with van der Waals surface area (Å²) >= 11 is 1.04. The SMILES string of the molecule is CSCC(NC(=O)C(F)(F)F)C(=O)NC(C)C(=O)O. The van der Waals surface area contributed by atoms with Gasteiger partial charge in [-0.05, 0) is 13.2 Å². The Labute approximate surface area is 111 Å². The number of carbonyl (C=O) groups is 3. The fraction of sp³-hybridized carbons (Fsp3) is 0.667. The topological polar surface area (TPSA) is 95.5 Å². The van der Waals surface area contributed by atoms with E-state index >= 15 is 0 Å². The molecule has 6 nitrogen and oxygen atoms in total. The van der Waals surface area contributed by atoms with Gasteiger partial charge in [-0.3, -0.25) is 14.4 Å². The first-order valence-corrected chi connectivity index (χ1v) is 6.38. The summed E-state index contributed by atoms with van der Waals surface area (Å²) in [6, 6.07) is -2.72. The largest absolute Gasteiger partial charge is 0.480 e. The lowest BCUT2D eigenvalue weighted by Crippen LogP contribution is -2.54. The van der Waals surface area contributed by atoms with Crippen molar-refractivity contribution in [2.75, 3.05) is 12.0 Å². The van der Waals surface area contributed by atoms with E-state index in [1.807, 2.05) is 5.32 Å². The molecule has 0 saturated carbocycles. The highest BCUT2D eigenvalue weighted by atomic mass is 32.2. The van der Waals surface area contributed by atoms with Gasteiger partial charge in [-0.25, -0.2) is 0 Å². The molecule has 0 fully saturated rings. The molecular formula is C9H13F3N2O4S. The van der Waals surface area contributed by atoms with E-state index in [9.17, 15) is 27.6 Å². The number of hydrogen-bond acceptors (Lipinski definition) is 4. The molecule has 19 heavy (non-hydrogen) atoms. The first-order chi connectivity index (χ1) is 8.59. The van der Waals surface area contributed by atoms with E-state index in [-0.39, 0.29) is 5.75 Å². The summed E-state index contributed by atoms with van der Waals surface area (Å²) < 4.78 is 36.2. The number of amides is 2. The van der Waals surface area contributed by atoms with Gasteiger partial charge in [0.2, 0.25) is 5.91 Å². The number of carboxylic acids is 1. The summed E-state index contributed by atoms with van der Waals surface area (Å²) in [6.07, 6.45) is -3.57. The molecule has 0 aromatic heterocycles. The zero-order valence-electron chi connectivity index (χ0n) is 10.1. The van der Waals surface area contributed by atoms with Crippen molar-refractivity contribution in [2.45, 2.75) is 25.2 Å². The number of thioether (sulfide) groups is 1. The first kappa shape index (κ1) is 17.6. The summed E-state index contributed by atoms with van der Waals surface area (Å²) in [5, 5.41) is 12.1. The molecule has 2 amide bonds. The molecule has 0 aliphatic heterocycles. The molecule has 3 N–H and O–H groups in total. The molecule has 0 rings (SSSR count). The van der Waals surface area contributed by atoms with Crippen LogP contribution in [0.1, 0.15) is 6.92 Å². The van der Waals surface area contributed by atoms with Gasteiger partial charge in [0.05, 0.1) is 0 Å². The van der Waals surface area contributed by atoms with Crippen LogP contribution in [0.25, 0.3) is 0 Å². The molecule has 0 bridgehead atoms. The number of halogens is 3. The van der Waals surface area contributed by atoms with Crippen LogP contribution in [0.2, 0.25) is 0 Å². The van der Waals surface area contributed by atoms with Gasteiger partial charge in [0.1, 0.15) is 12.1 Å². The maximum absolute atomic E-state index is 12.1. The van der Waals surface area contributed by atoms with Crippen LogP contribution >= 0.6 is 11.8 Å². The van der Waals surface area contributed by atoms with Gasteiger partial charge < -0.3 is 15.7 Å². The predicted molar refractivity (Wildman–Crippen MR) is 61.6 cm³/mol. The molecule has 2 unspecified atom stereocenters. The van der Waals surface area contributed by atoms with Gasteiger partial charge in [0, 0.05) is 5.75 Å². The lowest BCUT2D eigenvalue weighted by Gasteiger charge is -2.19. The highest BCUT2D eigenvalue weighted by Gasteiger charge is 2.40. The van der Waals surface area contributed by atoms with Crippen LogP contribution in [0, 0.1) is 0 Å². The van der Waals surface area contributed by atoms with Gasteiger partial charge in [0.15, 0.2) is 0 Å². The van der Waals surface area contributed by atoms with Gasteiger partial charge >= 0.3 is 18.1 Å². The number of hydrogen-bond donors (Lipinski definition) is 3. The third kappa shape index (κ3) is 6.32. The van der Waals surface area contributed by atoms with E-state index in [0.29, 0.717) is 0 Å². The van der Waals surface area contributed by atoms with Crippen molar-refractivity contribution in [1.82, 2.24) is 10.6 Å². The second kappa shape index (κ2) is 7.22. The lowest BCUT2D eigenvalue weighted by molar-refractivity contribution is -0.174. The quantitative estimate of drug-likeness (QED) is 0.641. The Morgan fingerprint density at radius 2 is 1.79 bits per heavy atom. The third-order valence-corrected chi connectivity index (χ3v) is 2.61. The Kier molecular flexibility index (Phi) is 6.67. The van der Waals surface area contributed by atoms with Crippen molar-refractivity contribution in [1.29, 1.82) is 0 Å². The van der Waals surface area contributed by atoms with E-state index in [1.54, 1.807) is 0 Å². The van der Waals surface area contributed by atoms with Crippen LogP contribution in [-0.4, -0.2) is 53.2 Å². The number of alkyl halides is 3. The summed E-state index contributed by atoms with van der Waals surface area (Å²) in [5.41, 5.74) is 0.